The molecular formula is C33H50F3NO15. The average molecular weight is 758 g/mol. The van der Waals surface area contributed by atoms with Crippen molar-refractivity contribution in [3.8, 4) is 0 Å². The Labute approximate surface area is 298 Å². The van der Waals surface area contributed by atoms with Gasteiger partial charge in [-0.05, 0) is 38.0 Å². The number of aliphatic hydroxyl groups excluding tert-OH is 4. The van der Waals surface area contributed by atoms with Crippen LogP contribution in [0.5, 0.6) is 0 Å². The quantitative estimate of drug-likeness (QED) is 0.139. The second-order valence-corrected chi connectivity index (χ2v) is 14.0. The lowest BCUT2D eigenvalue weighted by molar-refractivity contribution is -0.325. The van der Waals surface area contributed by atoms with Crippen LogP contribution in [0.4, 0.5) is 13.2 Å². The molecule has 4 aliphatic rings. The summed E-state index contributed by atoms with van der Waals surface area (Å²) < 4.78 is 75.5. The number of nitrogens with one attached hydrogen (secondary N) is 1. The molecule has 8 unspecified atom stereocenters. The predicted molar refractivity (Wildman–Crippen MR) is 167 cm³/mol. The molecule has 0 aromatic heterocycles. The Balaban J connectivity index is 1.71. The fourth-order valence-corrected chi connectivity index (χ4v) is 7.61. The maximum atomic E-state index is 13.7. The Morgan fingerprint density at radius 2 is 1.65 bits per heavy atom. The fourth-order valence-electron chi connectivity index (χ4n) is 7.61. The van der Waals surface area contributed by atoms with Crippen LogP contribution in [0.25, 0.3) is 0 Å². The van der Waals surface area contributed by atoms with E-state index in [1.165, 1.54) is 6.92 Å². The smallest absolute Gasteiger partial charge is 0.471 e. The van der Waals surface area contributed by atoms with Crippen molar-refractivity contribution >= 4 is 23.6 Å². The lowest BCUT2D eigenvalue weighted by Gasteiger charge is -2.49. The van der Waals surface area contributed by atoms with E-state index in [1.54, 1.807) is 12.2 Å². The molecule has 0 bridgehead atoms. The van der Waals surface area contributed by atoms with E-state index in [0.717, 1.165) is 26.4 Å². The number of amides is 1. The molecule has 2 saturated carbocycles. The number of halogens is 3. The maximum absolute atomic E-state index is 13.7. The van der Waals surface area contributed by atoms with Crippen molar-refractivity contribution in [2.45, 2.75) is 151 Å². The third kappa shape index (κ3) is 9.97. The summed E-state index contributed by atoms with van der Waals surface area (Å²) in [6.07, 6.45) is -19.3. The van der Waals surface area contributed by atoms with E-state index in [4.69, 9.17) is 28.4 Å². The lowest BCUT2D eigenvalue weighted by atomic mass is 9.76. The van der Waals surface area contributed by atoms with Crippen LogP contribution in [0, 0.1) is 17.8 Å². The van der Waals surface area contributed by atoms with Gasteiger partial charge in [-0.25, -0.2) is 4.79 Å². The fraction of sp³-hybridized carbons (Fsp3) is 0.879. The van der Waals surface area contributed by atoms with Gasteiger partial charge in [0, 0.05) is 0 Å². The van der Waals surface area contributed by atoms with E-state index < -0.39 is 122 Å². The number of ether oxygens (including phenoxy) is 6. The molecule has 16 nitrogen and oxygen atoms in total. The largest absolute Gasteiger partial charge is 0.479 e. The summed E-state index contributed by atoms with van der Waals surface area (Å²) in [4.78, 5) is 49.8. The number of hydrogen-bond acceptors (Lipinski definition) is 14. The molecule has 0 radical (unpaired) electrons. The zero-order valence-electron chi connectivity index (χ0n) is 29.2. The SMILES string of the molecule is CCC1CC(C(=O)OC)C[C@@H](O[C@@H]2OC(CO)[C@H](O)C(O[C@@H](CC3CCCCC3)C(=O)O)C2NC(=O)C(F)(F)F)C1OC1O[C@@H](C)C(=O)C(O)[C@@H]1O. The summed E-state index contributed by atoms with van der Waals surface area (Å²) in [5, 5.41) is 54.1. The number of rotatable bonds is 13. The molecule has 298 valence electrons. The van der Waals surface area contributed by atoms with E-state index in [9.17, 15) is 57.9 Å². The molecule has 2 saturated heterocycles. The van der Waals surface area contributed by atoms with Gasteiger partial charge in [-0.15, -0.1) is 0 Å². The molecule has 2 aliphatic carbocycles. The Hall–Kier alpha value is -2.49. The summed E-state index contributed by atoms with van der Waals surface area (Å²) in [5.74, 6) is -6.94. The minimum Gasteiger partial charge on any atom is -0.479 e. The van der Waals surface area contributed by atoms with Gasteiger partial charge < -0.3 is 59.3 Å². The number of carbonyl (C=O) groups is 4. The molecule has 2 aliphatic heterocycles. The van der Waals surface area contributed by atoms with Gasteiger partial charge in [0.2, 0.25) is 0 Å². The van der Waals surface area contributed by atoms with Crippen molar-refractivity contribution in [3.05, 3.63) is 0 Å². The summed E-state index contributed by atoms with van der Waals surface area (Å²) >= 11 is 0. The molecule has 1 amide bonds. The molecular weight excluding hydrogens is 707 g/mol. The molecule has 2 heterocycles. The summed E-state index contributed by atoms with van der Waals surface area (Å²) in [5.41, 5.74) is 0. The van der Waals surface area contributed by atoms with E-state index >= 15 is 0 Å². The molecule has 0 aromatic carbocycles. The van der Waals surface area contributed by atoms with Gasteiger partial charge in [-0.3, -0.25) is 14.4 Å². The highest BCUT2D eigenvalue weighted by Crippen LogP contribution is 2.40. The van der Waals surface area contributed by atoms with Gasteiger partial charge in [0.15, 0.2) is 24.5 Å². The van der Waals surface area contributed by atoms with Crippen molar-refractivity contribution in [2.75, 3.05) is 13.7 Å². The summed E-state index contributed by atoms with van der Waals surface area (Å²) in [6.45, 7) is 2.14. The van der Waals surface area contributed by atoms with Gasteiger partial charge in [0.05, 0.1) is 31.8 Å². The second-order valence-electron chi connectivity index (χ2n) is 14.0. The van der Waals surface area contributed by atoms with Crippen LogP contribution in [-0.2, 0) is 47.6 Å². The molecule has 14 atom stereocenters. The van der Waals surface area contributed by atoms with Crippen molar-refractivity contribution in [1.29, 1.82) is 0 Å². The first-order valence-electron chi connectivity index (χ1n) is 17.6. The van der Waals surface area contributed by atoms with Gasteiger partial charge in [-0.2, -0.15) is 13.2 Å². The van der Waals surface area contributed by atoms with Crippen LogP contribution < -0.4 is 5.32 Å². The van der Waals surface area contributed by atoms with Crippen LogP contribution in [-0.4, -0.2) is 143 Å². The van der Waals surface area contributed by atoms with Crippen LogP contribution in [0.15, 0.2) is 0 Å². The van der Waals surface area contributed by atoms with Crippen molar-refractivity contribution in [3.63, 3.8) is 0 Å². The monoisotopic (exact) mass is 757 g/mol. The third-order valence-electron chi connectivity index (χ3n) is 10.5. The van der Waals surface area contributed by atoms with Crippen molar-refractivity contribution in [1.82, 2.24) is 5.32 Å². The highest BCUT2D eigenvalue weighted by molar-refractivity contribution is 5.88. The minimum atomic E-state index is -5.45. The predicted octanol–water partition coefficient (Wildman–Crippen LogP) is 0.336. The summed E-state index contributed by atoms with van der Waals surface area (Å²) in [6, 6.07) is -2.03. The number of Topliss-reactive ketones (excluding diaryl/α,β-unsaturated/α-hetero) is 1. The van der Waals surface area contributed by atoms with E-state index in [1.807, 2.05) is 0 Å². The minimum absolute atomic E-state index is 0.0390. The number of aliphatic hydroxyl groups is 4. The first-order chi connectivity index (χ1) is 24.5. The van der Waals surface area contributed by atoms with Crippen LogP contribution >= 0.6 is 0 Å². The molecule has 4 fully saturated rings. The second kappa shape index (κ2) is 18.2. The third-order valence-corrected chi connectivity index (χ3v) is 10.5. The van der Waals surface area contributed by atoms with Gasteiger partial charge in [0.1, 0.15) is 42.7 Å². The van der Waals surface area contributed by atoms with E-state index in [0.29, 0.717) is 19.3 Å². The number of aliphatic carboxylic acids is 1. The van der Waals surface area contributed by atoms with E-state index in [2.05, 4.69) is 0 Å². The molecule has 6 N–H and O–H groups in total. The molecule has 52 heavy (non-hydrogen) atoms. The number of alkyl halides is 3. The first kappa shape index (κ1) is 42.3. The van der Waals surface area contributed by atoms with Gasteiger partial charge >= 0.3 is 24.0 Å². The molecule has 0 spiro atoms. The lowest BCUT2D eigenvalue weighted by Crippen LogP contribution is -2.68. The molecule has 4 rings (SSSR count). The maximum Gasteiger partial charge on any atom is 0.471 e. The Bertz CT molecular complexity index is 1240. The number of carboxylic acids is 1. The Morgan fingerprint density at radius 3 is 2.23 bits per heavy atom. The normalized spacial score (nSPS) is 38.3. The number of carbonyl (C=O) groups excluding carboxylic acids is 3. The standard InChI is InChI=1S/C33H50F3NO15/c1-4-16-11-17(29(45)47-3)12-18(26(16)52-31-25(42)24(41)22(39)14(2)48-31)50-30-21(37-32(46)33(34,35)36)27(23(40)20(13-38)51-30)49-19(28(43)44)10-15-8-6-5-7-9-15/h14-21,23-27,30-31,38,40-42H,4-13H2,1-3H3,(H,37,46)(H,43,44)/t14-,16?,17?,18+,19-,20?,21?,23-,24?,25-,26?,27?,30+,31?/m0/s1. The van der Waals surface area contributed by atoms with Crippen LogP contribution in [0.2, 0.25) is 0 Å². The highest BCUT2D eigenvalue weighted by atomic mass is 19.4. The van der Waals surface area contributed by atoms with E-state index in [-0.39, 0.29) is 25.2 Å². The topological polar surface area (TPSA) is 237 Å². The van der Waals surface area contributed by atoms with Crippen molar-refractivity contribution < 1.29 is 86.3 Å². The number of esters is 1. The Morgan fingerprint density at radius 1 is 0.981 bits per heavy atom. The average Bonchev–Trinajstić information content (AvgIpc) is 3.11. The zero-order valence-corrected chi connectivity index (χ0v) is 29.2. The Kier molecular flexibility index (Phi) is 14.8. The van der Waals surface area contributed by atoms with Crippen molar-refractivity contribution in [2.24, 2.45) is 17.8 Å². The van der Waals surface area contributed by atoms with Crippen LogP contribution in [0.1, 0.15) is 71.6 Å². The number of methoxy groups -OCH3 is 1. The van der Waals surface area contributed by atoms with Gasteiger partial charge in [-0.1, -0.05) is 45.4 Å². The number of carboxylic acid groups (broad SMARTS) is 1. The number of ketones is 1. The van der Waals surface area contributed by atoms with Gasteiger partial charge in [0.25, 0.3) is 0 Å². The highest BCUT2D eigenvalue weighted by Gasteiger charge is 2.54. The summed E-state index contributed by atoms with van der Waals surface area (Å²) in [7, 11) is 1.15. The number of hydrogen-bond donors (Lipinski definition) is 6. The molecule has 19 heteroatoms. The zero-order chi connectivity index (χ0) is 38.5. The molecule has 0 aromatic rings. The van der Waals surface area contributed by atoms with Crippen LogP contribution in [0.3, 0.4) is 0 Å². The first-order valence-corrected chi connectivity index (χ1v) is 17.6.